The summed E-state index contributed by atoms with van der Waals surface area (Å²) in [6.45, 7) is 0. The van der Waals surface area contributed by atoms with Gasteiger partial charge >= 0.3 is 0 Å². The zero-order chi connectivity index (χ0) is 20.4. The van der Waals surface area contributed by atoms with Gasteiger partial charge in [-0.3, -0.25) is 14.6 Å². The van der Waals surface area contributed by atoms with E-state index in [1.807, 2.05) is 36.4 Å². The fourth-order valence-electron chi connectivity index (χ4n) is 3.04. The molecule has 0 aliphatic rings. The van der Waals surface area contributed by atoms with Crippen molar-refractivity contribution >= 4 is 28.4 Å². The van der Waals surface area contributed by atoms with E-state index in [2.05, 4.69) is 15.3 Å². The van der Waals surface area contributed by atoms with E-state index in [0.29, 0.717) is 33.8 Å². The maximum absolute atomic E-state index is 13.4. The number of pyridine rings is 1. The molecular weight excluding hydrogens is 366 g/mol. The van der Waals surface area contributed by atoms with Gasteiger partial charge in [0.15, 0.2) is 0 Å². The fourth-order valence-corrected chi connectivity index (χ4v) is 3.04. The molecule has 29 heavy (non-hydrogen) atoms. The molecule has 4 rings (SSSR count). The molecule has 0 bridgehead atoms. The highest BCUT2D eigenvalue weighted by molar-refractivity contribution is 5.97. The van der Waals surface area contributed by atoms with Crippen LogP contribution in [0.25, 0.3) is 16.6 Å². The number of carbonyl (C=O) groups is 1. The van der Waals surface area contributed by atoms with Gasteiger partial charge in [-0.25, -0.2) is 9.55 Å². The number of nitrogens with one attached hydrogen (secondary N) is 1. The molecule has 0 aliphatic carbocycles. The second-order valence-electron chi connectivity index (χ2n) is 6.71. The summed E-state index contributed by atoms with van der Waals surface area (Å²) >= 11 is 0. The van der Waals surface area contributed by atoms with E-state index in [4.69, 9.17) is 0 Å². The maximum atomic E-state index is 13.4. The van der Waals surface area contributed by atoms with Gasteiger partial charge in [-0.15, -0.1) is 0 Å². The van der Waals surface area contributed by atoms with E-state index in [1.54, 1.807) is 50.8 Å². The molecule has 0 radical (unpaired) electrons. The smallest absolute Gasteiger partial charge is 0.267 e. The van der Waals surface area contributed by atoms with Crippen molar-refractivity contribution in [1.29, 1.82) is 0 Å². The van der Waals surface area contributed by atoms with Gasteiger partial charge in [0, 0.05) is 25.9 Å². The molecule has 2 aromatic heterocycles. The van der Waals surface area contributed by atoms with Crippen LogP contribution in [0.2, 0.25) is 0 Å². The molecule has 2 heterocycles. The summed E-state index contributed by atoms with van der Waals surface area (Å²) in [7, 11) is 3.35. The normalized spacial score (nSPS) is 10.7. The van der Waals surface area contributed by atoms with Gasteiger partial charge in [-0.1, -0.05) is 18.2 Å². The quantitative estimate of drug-likeness (QED) is 0.583. The molecule has 0 saturated heterocycles. The van der Waals surface area contributed by atoms with Gasteiger partial charge < -0.3 is 10.2 Å². The number of carbonyl (C=O) groups excluding carboxylic acids is 1. The molecule has 2 aromatic carbocycles. The van der Waals surface area contributed by atoms with Crippen molar-refractivity contribution in [3.05, 3.63) is 89.0 Å². The number of anilines is 2. The summed E-state index contributed by atoms with van der Waals surface area (Å²) in [5, 5.41) is 3.55. The van der Waals surface area contributed by atoms with Gasteiger partial charge in [-0.05, 0) is 42.5 Å². The number of hydrogen-bond donors (Lipinski definition) is 1. The predicted molar refractivity (Wildman–Crippen MR) is 113 cm³/mol. The van der Waals surface area contributed by atoms with Crippen LogP contribution in [0.1, 0.15) is 10.4 Å². The fraction of sp³-hybridized carbons (Fsp3) is 0.0909. The molecule has 0 spiro atoms. The highest BCUT2D eigenvalue weighted by Crippen LogP contribution is 2.20. The number of benzene rings is 2. The lowest BCUT2D eigenvalue weighted by Crippen LogP contribution is -2.24. The van der Waals surface area contributed by atoms with Crippen LogP contribution in [0.4, 0.5) is 11.6 Å². The van der Waals surface area contributed by atoms with Gasteiger partial charge in [0.05, 0.1) is 28.5 Å². The van der Waals surface area contributed by atoms with Gasteiger partial charge in [0.25, 0.3) is 11.5 Å². The van der Waals surface area contributed by atoms with Crippen LogP contribution in [-0.4, -0.2) is 39.4 Å². The van der Waals surface area contributed by atoms with Crippen LogP contribution in [0.3, 0.4) is 0 Å². The number of aromatic nitrogens is 3. The topological polar surface area (TPSA) is 80.1 Å². The van der Waals surface area contributed by atoms with Crippen molar-refractivity contribution in [1.82, 2.24) is 19.4 Å². The minimum Gasteiger partial charge on any atom is -0.345 e. The SMILES string of the molecule is CN(C)C(=O)c1ccc2nc(Nc3cccnc3)n(-c3ccccc3)c(=O)c2c1. The largest absolute Gasteiger partial charge is 0.345 e. The summed E-state index contributed by atoms with van der Waals surface area (Å²) in [6.07, 6.45) is 3.33. The summed E-state index contributed by atoms with van der Waals surface area (Å²) in [4.78, 5) is 36.0. The molecule has 0 saturated carbocycles. The highest BCUT2D eigenvalue weighted by atomic mass is 16.2. The van der Waals surface area contributed by atoms with E-state index in [0.717, 1.165) is 0 Å². The average Bonchev–Trinajstić information content (AvgIpc) is 2.74. The molecule has 0 atom stereocenters. The number of hydrogen-bond acceptors (Lipinski definition) is 5. The van der Waals surface area contributed by atoms with Crippen molar-refractivity contribution in [2.45, 2.75) is 0 Å². The van der Waals surface area contributed by atoms with Crippen LogP contribution >= 0.6 is 0 Å². The van der Waals surface area contributed by atoms with Crippen molar-refractivity contribution < 1.29 is 4.79 Å². The Morgan fingerprint density at radius 1 is 1.03 bits per heavy atom. The van der Waals surface area contributed by atoms with E-state index in [1.165, 1.54) is 9.47 Å². The molecule has 0 fully saturated rings. The molecule has 1 N–H and O–H groups in total. The summed E-state index contributed by atoms with van der Waals surface area (Å²) in [6, 6.07) is 17.9. The van der Waals surface area contributed by atoms with E-state index < -0.39 is 0 Å². The summed E-state index contributed by atoms with van der Waals surface area (Å²) in [5.41, 5.74) is 2.06. The van der Waals surface area contributed by atoms with Crippen LogP contribution < -0.4 is 10.9 Å². The number of nitrogens with zero attached hydrogens (tertiary/aromatic N) is 4. The minimum absolute atomic E-state index is 0.171. The molecule has 0 aliphatic heterocycles. The Balaban J connectivity index is 1.95. The number of amides is 1. The van der Waals surface area contributed by atoms with Gasteiger partial charge in [0.1, 0.15) is 0 Å². The molecule has 1 amide bonds. The average molecular weight is 385 g/mol. The molecule has 144 valence electrons. The zero-order valence-electron chi connectivity index (χ0n) is 16.0. The lowest BCUT2D eigenvalue weighted by Gasteiger charge is -2.16. The molecule has 7 heteroatoms. The first kappa shape index (κ1) is 18.4. The monoisotopic (exact) mass is 385 g/mol. The number of rotatable bonds is 4. The third-order valence-electron chi connectivity index (χ3n) is 4.45. The van der Waals surface area contributed by atoms with Crippen LogP contribution in [0.15, 0.2) is 77.9 Å². The Labute approximate surface area is 167 Å². The highest BCUT2D eigenvalue weighted by Gasteiger charge is 2.16. The lowest BCUT2D eigenvalue weighted by atomic mass is 10.1. The second-order valence-corrected chi connectivity index (χ2v) is 6.71. The number of para-hydroxylation sites is 1. The van der Waals surface area contributed by atoms with Crippen molar-refractivity contribution in [2.24, 2.45) is 0 Å². The molecule has 7 nitrogen and oxygen atoms in total. The number of fused-ring (bicyclic) bond motifs is 1. The third-order valence-corrected chi connectivity index (χ3v) is 4.45. The van der Waals surface area contributed by atoms with E-state index >= 15 is 0 Å². The van der Waals surface area contributed by atoms with E-state index in [9.17, 15) is 9.59 Å². The van der Waals surface area contributed by atoms with Crippen molar-refractivity contribution in [2.75, 3.05) is 19.4 Å². The van der Waals surface area contributed by atoms with E-state index in [-0.39, 0.29) is 11.5 Å². The Kier molecular flexibility index (Phi) is 4.78. The van der Waals surface area contributed by atoms with Crippen molar-refractivity contribution in [3.8, 4) is 5.69 Å². The van der Waals surface area contributed by atoms with Gasteiger partial charge in [-0.2, -0.15) is 0 Å². The Bertz CT molecular complexity index is 1230. The maximum Gasteiger partial charge on any atom is 0.267 e. The Morgan fingerprint density at radius 3 is 2.52 bits per heavy atom. The Morgan fingerprint density at radius 2 is 1.83 bits per heavy atom. The molecule has 4 aromatic rings. The summed E-state index contributed by atoms with van der Waals surface area (Å²) < 4.78 is 1.50. The standard InChI is InChI=1S/C22H19N5O2/c1-26(2)20(28)15-10-11-19-18(13-15)21(29)27(17-8-4-3-5-9-17)22(25-19)24-16-7-6-12-23-14-16/h3-14H,1-2H3,(H,24,25). The lowest BCUT2D eigenvalue weighted by molar-refractivity contribution is 0.0828. The minimum atomic E-state index is -0.263. The first-order valence-electron chi connectivity index (χ1n) is 9.05. The zero-order valence-corrected chi connectivity index (χ0v) is 16.0. The molecular formula is C22H19N5O2. The second kappa shape index (κ2) is 7.55. The van der Waals surface area contributed by atoms with Crippen molar-refractivity contribution in [3.63, 3.8) is 0 Å². The summed E-state index contributed by atoms with van der Waals surface area (Å²) in [5.74, 6) is 0.198. The Hall–Kier alpha value is -4.00. The third kappa shape index (κ3) is 3.58. The predicted octanol–water partition coefficient (Wildman–Crippen LogP) is 3.23. The first-order valence-corrected chi connectivity index (χ1v) is 9.05. The van der Waals surface area contributed by atoms with Crippen LogP contribution in [0, 0.1) is 0 Å². The first-order chi connectivity index (χ1) is 14.0. The van der Waals surface area contributed by atoms with Crippen LogP contribution in [0.5, 0.6) is 0 Å². The van der Waals surface area contributed by atoms with Gasteiger partial charge in [0.2, 0.25) is 5.95 Å². The van der Waals surface area contributed by atoms with Crippen LogP contribution in [-0.2, 0) is 0 Å². The molecule has 0 unspecified atom stereocenters.